The van der Waals surface area contributed by atoms with Gasteiger partial charge < -0.3 is 10.4 Å². The van der Waals surface area contributed by atoms with Crippen molar-refractivity contribution in [2.45, 2.75) is 37.6 Å². The van der Waals surface area contributed by atoms with Crippen LogP contribution in [0.15, 0.2) is 24.3 Å². The van der Waals surface area contributed by atoms with Gasteiger partial charge in [-0.3, -0.25) is 4.79 Å². The van der Waals surface area contributed by atoms with Crippen LogP contribution in [0.2, 0.25) is 0 Å². The van der Waals surface area contributed by atoms with Gasteiger partial charge in [0.2, 0.25) is 0 Å². The molecule has 0 unspecified atom stereocenters. The van der Waals surface area contributed by atoms with E-state index in [0.717, 1.165) is 32.1 Å². The number of hydrogen-bond donors (Lipinski definition) is 2. The predicted octanol–water partition coefficient (Wildman–Crippen LogP) is 2.25. The Morgan fingerprint density at radius 1 is 1.28 bits per heavy atom. The molecule has 18 heavy (non-hydrogen) atoms. The molecule has 0 bridgehead atoms. The second kappa shape index (κ2) is 5.48. The average molecular weight is 251 g/mol. The average Bonchev–Trinajstić information content (AvgIpc) is 2.40. The van der Waals surface area contributed by atoms with Gasteiger partial charge in [0.25, 0.3) is 5.91 Å². The highest BCUT2D eigenvalue weighted by molar-refractivity contribution is 5.94. The fourth-order valence-corrected chi connectivity index (χ4v) is 2.50. The summed E-state index contributed by atoms with van der Waals surface area (Å²) < 4.78 is 13.5. The Balaban J connectivity index is 2.13. The van der Waals surface area contributed by atoms with Crippen LogP contribution in [-0.2, 0) is 0 Å². The summed E-state index contributed by atoms with van der Waals surface area (Å²) in [5, 5.41) is 12.3. The number of nitrogens with one attached hydrogen (secondary N) is 1. The normalized spacial score (nSPS) is 18.3. The number of aliphatic hydroxyl groups excluding tert-OH is 1. The van der Waals surface area contributed by atoms with Crippen LogP contribution in [0.1, 0.15) is 42.5 Å². The number of hydrogen-bond acceptors (Lipinski definition) is 2. The first-order chi connectivity index (χ1) is 8.67. The summed E-state index contributed by atoms with van der Waals surface area (Å²) in [4.78, 5) is 12.0. The molecule has 4 heteroatoms. The van der Waals surface area contributed by atoms with Crippen molar-refractivity contribution in [3.8, 4) is 0 Å². The largest absolute Gasteiger partial charge is 0.394 e. The van der Waals surface area contributed by atoms with E-state index in [1.807, 2.05) is 0 Å². The molecule has 1 saturated carbocycles. The highest BCUT2D eigenvalue weighted by Gasteiger charge is 2.33. The van der Waals surface area contributed by atoms with E-state index in [2.05, 4.69) is 5.32 Å². The molecular weight excluding hydrogens is 233 g/mol. The molecule has 0 spiro atoms. The summed E-state index contributed by atoms with van der Waals surface area (Å²) in [6.07, 6.45) is 4.60. The molecule has 0 heterocycles. The zero-order valence-electron chi connectivity index (χ0n) is 10.3. The van der Waals surface area contributed by atoms with E-state index >= 15 is 0 Å². The SMILES string of the molecule is O=C(NC1(CO)CCCCC1)c1ccccc1F. The zero-order chi connectivity index (χ0) is 13.0. The lowest BCUT2D eigenvalue weighted by Crippen LogP contribution is -2.52. The summed E-state index contributed by atoms with van der Waals surface area (Å²) in [6.45, 7) is -0.0901. The molecule has 2 rings (SSSR count). The Kier molecular flexibility index (Phi) is 3.97. The topological polar surface area (TPSA) is 49.3 Å². The number of carbonyl (C=O) groups excluding carboxylic acids is 1. The third-order valence-electron chi connectivity index (χ3n) is 3.61. The minimum absolute atomic E-state index is 0.0379. The predicted molar refractivity (Wildman–Crippen MR) is 66.8 cm³/mol. The van der Waals surface area contributed by atoms with Gasteiger partial charge in [0, 0.05) is 0 Å². The molecule has 1 aromatic rings. The highest BCUT2D eigenvalue weighted by Crippen LogP contribution is 2.28. The van der Waals surface area contributed by atoms with E-state index < -0.39 is 17.3 Å². The quantitative estimate of drug-likeness (QED) is 0.865. The van der Waals surface area contributed by atoms with Gasteiger partial charge in [0.1, 0.15) is 5.82 Å². The number of rotatable bonds is 3. The molecule has 0 atom stereocenters. The van der Waals surface area contributed by atoms with Crippen molar-refractivity contribution in [2.75, 3.05) is 6.61 Å². The van der Waals surface area contributed by atoms with Gasteiger partial charge in [-0.15, -0.1) is 0 Å². The van der Waals surface area contributed by atoms with Crippen LogP contribution < -0.4 is 5.32 Å². The lowest BCUT2D eigenvalue weighted by Gasteiger charge is -2.36. The summed E-state index contributed by atoms with van der Waals surface area (Å²) in [5.74, 6) is -0.969. The second-order valence-electron chi connectivity index (χ2n) is 4.93. The van der Waals surface area contributed by atoms with Crippen molar-refractivity contribution in [2.24, 2.45) is 0 Å². The highest BCUT2D eigenvalue weighted by atomic mass is 19.1. The molecule has 0 aliphatic heterocycles. The Morgan fingerprint density at radius 2 is 1.94 bits per heavy atom. The van der Waals surface area contributed by atoms with Gasteiger partial charge >= 0.3 is 0 Å². The minimum atomic E-state index is -0.572. The molecule has 1 fully saturated rings. The summed E-state index contributed by atoms with van der Waals surface area (Å²) >= 11 is 0. The first-order valence-electron chi connectivity index (χ1n) is 6.35. The number of halogens is 1. The zero-order valence-corrected chi connectivity index (χ0v) is 10.3. The van der Waals surface area contributed by atoms with Crippen molar-refractivity contribution < 1.29 is 14.3 Å². The van der Waals surface area contributed by atoms with Gasteiger partial charge in [-0.1, -0.05) is 31.4 Å². The first-order valence-corrected chi connectivity index (χ1v) is 6.35. The fourth-order valence-electron chi connectivity index (χ4n) is 2.50. The molecule has 3 nitrogen and oxygen atoms in total. The lowest BCUT2D eigenvalue weighted by molar-refractivity contribution is 0.0755. The van der Waals surface area contributed by atoms with Crippen LogP contribution in [0.3, 0.4) is 0 Å². The second-order valence-corrected chi connectivity index (χ2v) is 4.93. The molecule has 0 saturated heterocycles. The van der Waals surface area contributed by atoms with Crippen LogP contribution in [0.4, 0.5) is 4.39 Å². The van der Waals surface area contributed by atoms with Crippen molar-refractivity contribution in [1.82, 2.24) is 5.32 Å². The van der Waals surface area contributed by atoms with Crippen molar-refractivity contribution in [3.05, 3.63) is 35.6 Å². The summed E-state index contributed by atoms with van der Waals surface area (Å²) in [6, 6.07) is 5.90. The summed E-state index contributed by atoms with van der Waals surface area (Å²) in [7, 11) is 0. The Morgan fingerprint density at radius 3 is 2.56 bits per heavy atom. The number of aliphatic hydroxyl groups is 1. The van der Waals surface area contributed by atoms with E-state index in [-0.39, 0.29) is 12.2 Å². The van der Waals surface area contributed by atoms with Gasteiger partial charge in [-0.2, -0.15) is 0 Å². The molecule has 1 aliphatic carbocycles. The van der Waals surface area contributed by atoms with Crippen molar-refractivity contribution in [3.63, 3.8) is 0 Å². The van der Waals surface area contributed by atoms with Crippen molar-refractivity contribution >= 4 is 5.91 Å². The van der Waals surface area contributed by atoms with E-state index in [1.54, 1.807) is 12.1 Å². The van der Waals surface area contributed by atoms with Crippen LogP contribution in [0.25, 0.3) is 0 Å². The molecule has 0 radical (unpaired) electrons. The van der Waals surface area contributed by atoms with E-state index in [9.17, 15) is 14.3 Å². The molecule has 1 aliphatic rings. The fraction of sp³-hybridized carbons (Fsp3) is 0.500. The van der Waals surface area contributed by atoms with Crippen LogP contribution in [-0.4, -0.2) is 23.2 Å². The van der Waals surface area contributed by atoms with E-state index in [0.29, 0.717) is 0 Å². The summed E-state index contributed by atoms with van der Waals surface area (Å²) in [5.41, 5.74) is -0.534. The molecule has 2 N–H and O–H groups in total. The minimum Gasteiger partial charge on any atom is -0.394 e. The molecule has 1 aromatic carbocycles. The Bertz CT molecular complexity index is 428. The van der Waals surface area contributed by atoms with Crippen LogP contribution in [0, 0.1) is 5.82 Å². The third kappa shape index (κ3) is 2.70. The lowest BCUT2D eigenvalue weighted by atomic mass is 9.82. The number of amides is 1. The molecule has 0 aromatic heterocycles. The molecule has 98 valence electrons. The smallest absolute Gasteiger partial charge is 0.254 e. The maximum Gasteiger partial charge on any atom is 0.254 e. The Hall–Kier alpha value is -1.42. The van der Waals surface area contributed by atoms with E-state index in [1.165, 1.54) is 12.1 Å². The number of carbonyl (C=O) groups is 1. The van der Waals surface area contributed by atoms with Gasteiger partial charge in [0.15, 0.2) is 0 Å². The maximum atomic E-state index is 13.5. The monoisotopic (exact) mass is 251 g/mol. The number of benzene rings is 1. The first kappa shape index (κ1) is 13.0. The standard InChI is InChI=1S/C14H18FNO2/c15-12-7-3-2-6-11(12)13(18)16-14(10-17)8-4-1-5-9-14/h2-3,6-7,17H,1,4-5,8-10H2,(H,16,18). The maximum absolute atomic E-state index is 13.5. The van der Waals surface area contributed by atoms with Gasteiger partial charge in [0.05, 0.1) is 17.7 Å². The molecular formula is C14H18FNO2. The van der Waals surface area contributed by atoms with Gasteiger partial charge in [-0.25, -0.2) is 4.39 Å². The molecule has 1 amide bonds. The van der Waals surface area contributed by atoms with E-state index in [4.69, 9.17) is 0 Å². The van der Waals surface area contributed by atoms with Crippen molar-refractivity contribution in [1.29, 1.82) is 0 Å². The van der Waals surface area contributed by atoms with Crippen LogP contribution >= 0.6 is 0 Å². The van der Waals surface area contributed by atoms with Gasteiger partial charge in [-0.05, 0) is 25.0 Å². The van der Waals surface area contributed by atoms with Crippen LogP contribution in [0.5, 0.6) is 0 Å². The Labute approximate surface area is 106 Å². The third-order valence-corrected chi connectivity index (χ3v) is 3.61.